The van der Waals surface area contributed by atoms with E-state index in [1.807, 2.05) is 12.1 Å². The van der Waals surface area contributed by atoms with Crippen LogP contribution in [0.4, 0.5) is 11.4 Å². The van der Waals surface area contributed by atoms with Gasteiger partial charge in [0.2, 0.25) is 0 Å². The molecule has 0 radical (unpaired) electrons. The molecular formula is C24H18BrN3O5. The number of nitro groups is 1. The lowest BCUT2D eigenvalue weighted by atomic mass is 10.1. The number of benzene rings is 3. The molecule has 1 N–H and O–H groups in total. The summed E-state index contributed by atoms with van der Waals surface area (Å²) in [6.45, 7) is 0.166. The zero-order valence-electron chi connectivity index (χ0n) is 17.4. The number of carbonyl (C=O) groups is 1. The number of ether oxygens (including phenoxy) is 2. The van der Waals surface area contributed by atoms with Gasteiger partial charge in [-0.25, -0.2) is 0 Å². The zero-order valence-corrected chi connectivity index (χ0v) is 19.0. The number of non-ortho nitro benzene ring substituents is 1. The van der Waals surface area contributed by atoms with Crippen LogP contribution in [0.15, 0.2) is 76.8 Å². The van der Waals surface area contributed by atoms with Crippen LogP contribution in [-0.4, -0.2) is 17.9 Å². The van der Waals surface area contributed by atoms with E-state index in [1.54, 1.807) is 48.5 Å². The predicted octanol–water partition coefficient (Wildman–Crippen LogP) is 5.49. The monoisotopic (exact) mass is 507 g/mol. The minimum absolute atomic E-state index is 0.000173. The van der Waals surface area contributed by atoms with Gasteiger partial charge in [-0.05, 0) is 53.6 Å². The van der Waals surface area contributed by atoms with Gasteiger partial charge in [0.1, 0.15) is 18.2 Å². The number of rotatable bonds is 8. The highest BCUT2D eigenvalue weighted by Gasteiger charge is 2.14. The van der Waals surface area contributed by atoms with Crippen molar-refractivity contribution in [1.29, 1.82) is 5.26 Å². The molecule has 0 spiro atoms. The van der Waals surface area contributed by atoms with Gasteiger partial charge in [0, 0.05) is 22.3 Å². The molecule has 0 aliphatic heterocycles. The average Bonchev–Trinajstić information content (AvgIpc) is 2.82. The first-order valence-corrected chi connectivity index (χ1v) is 10.4. The molecule has 1 amide bonds. The van der Waals surface area contributed by atoms with Gasteiger partial charge in [-0.3, -0.25) is 14.9 Å². The standard InChI is InChI=1S/C24H18BrN3O5/c1-32-22-12-17(11-18(14-26)24(29)27-19-5-3-2-4-6-19)21(25)13-23(22)33-15-16-7-9-20(10-8-16)28(30)31/h2-13H,15H2,1H3,(H,27,29)/b18-11-. The van der Waals surface area contributed by atoms with Gasteiger partial charge in [0.25, 0.3) is 11.6 Å². The van der Waals surface area contributed by atoms with Crippen LogP contribution in [0.3, 0.4) is 0 Å². The normalized spacial score (nSPS) is 10.8. The third kappa shape index (κ3) is 6.18. The molecule has 0 atom stereocenters. The number of nitrogens with zero attached hydrogens (tertiary/aromatic N) is 2. The first kappa shape index (κ1) is 23.5. The first-order chi connectivity index (χ1) is 15.9. The van der Waals surface area contributed by atoms with E-state index in [4.69, 9.17) is 9.47 Å². The van der Waals surface area contributed by atoms with Crippen molar-refractivity contribution in [2.45, 2.75) is 6.61 Å². The Morgan fingerprint density at radius 1 is 1.15 bits per heavy atom. The summed E-state index contributed by atoms with van der Waals surface area (Å²) < 4.78 is 11.8. The molecule has 166 valence electrons. The number of hydrogen-bond acceptors (Lipinski definition) is 6. The number of nitriles is 1. The Labute approximate surface area is 198 Å². The molecule has 0 saturated heterocycles. The van der Waals surface area contributed by atoms with E-state index in [0.29, 0.717) is 27.2 Å². The number of nitrogens with one attached hydrogen (secondary N) is 1. The fourth-order valence-electron chi connectivity index (χ4n) is 2.83. The van der Waals surface area contributed by atoms with E-state index in [1.165, 1.54) is 25.3 Å². The topological polar surface area (TPSA) is 114 Å². The molecule has 3 aromatic rings. The lowest BCUT2D eigenvalue weighted by Crippen LogP contribution is -2.13. The van der Waals surface area contributed by atoms with Gasteiger partial charge < -0.3 is 14.8 Å². The van der Waals surface area contributed by atoms with E-state index in [-0.39, 0.29) is 17.9 Å². The lowest BCUT2D eigenvalue weighted by molar-refractivity contribution is -0.384. The van der Waals surface area contributed by atoms with Crippen LogP contribution < -0.4 is 14.8 Å². The van der Waals surface area contributed by atoms with Crippen molar-refractivity contribution in [3.63, 3.8) is 0 Å². The van der Waals surface area contributed by atoms with Gasteiger partial charge >= 0.3 is 0 Å². The van der Waals surface area contributed by atoms with Crippen molar-refractivity contribution in [2.75, 3.05) is 12.4 Å². The molecule has 0 fully saturated rings. The van der Waals surface area contributed by atoms with E-state index in [9.17, 15) is 20.2 Å². The molecule has 0 aromatic heterocycles. The first-order valence-electron chi connectivity index (χ1n) is 9.63. The molecule has 8 nitrogen and oxygen atoms in total. The van der Waals surface area contributed by atoms with Crippen LogP contribution in [-0.2, 0) is 11.4 Å². The third-order valence-electron chi connectivity index (χ3n) is 4.52. The molecule has 0 aliphatic rings. The molecule has 3 aromatic carbocycles. The Morgan fingerprint density at radius 3 is 2.45 bits per heavy atom. The Hall–Kier alpha value is -4.16. The molecule has 9 heteroatoms. The molecule has 0 aliphatic carbocycles. The highest BCUT2D eigenvalue weighted by atomic mass is 79.9. The second kappa shape index (κ2) is 10.9. The molecule has 0 heterocycles. The van der Waals surface area contributed by atoms with Crippen LogP contribution in [0.2, 0.25) is 0 Å². The smallest absolute Gasteiger partial charge is 0.269 e. The summed E-state index contributed by atoms with van der Waals surface area (Å²) in [6, 6.07) is 20.1. The Bertz CT molecular complexity index is 1240. The molecule has 0 saturated carbocycles. The van der Waals surface area contributed by atoms with Crippen molar-refractivity contribution in [3.8, 4) is 17.6 Å². The van der Waals surface area contributed by atoms with Crippen molar-refractivity contribution in [3.05, 3.63) is 98.0 Å². The summed E-state index contributed by atoms with van der Waals surface area (Å²) in [7, 11) is 1.47. The van der Waals surface area contributed by atoms with E-state index in [2.05, 4.69) is 21.2 Å². The third-order valence-corrected chi connectivity index (χ3v) is 5.21. The highest BCUT2D eigenvalue weighted by molar-refractivity contribution is 9.10. The summed E-state index contributed by atoms with van der Waals surface area (Å²) in [5, 5.41) is 22.9. The summed E-state index contributed by atoms with van der Waals surface area (Å²) in [5.41, 5.74) is 1.79. The van der Waals surface area contributed by atoms with Gasteiger partial charge in [0.05, 0.1) is 12.0 Å². The summed E-state index contributed by atoms with van der Waals surface area (Å²) in [6.07, 6.45) is 1.45. The number of amides is 1. The number of carbonyl (C=O) groups excluding carboxylic acids is 1. The number of anilines is 1. The van der Waals surface area contributed by atoms with Crippen LogP contribution in [0.5, 0.6) is 11.5 Å². The largest absolute Gasteiger partial charge is 0.493 e. The quantitative estimate of drug-likeness (QED) is 0.186. The fraction of sp³-hybridized carbons (Fsp3) is 0.0833. The number of nitro benzene ring substituents is 1. The van der Waals surface area contributed by atoms with Gasteiger partial charge in [-0.15, -0.1) is 0 Å². The van der Waals surface area contributed by atoms with Crippen LogP contribution in [0.1, 0.15) is 11.1 Å². The Kier molecular flexibility index (Phi) is 7.78. The van der Waals surface area contributed by atoms with E-state index < -0.39 is 10.8 Å². The van der Waals surface area contributed by atoms with Crippen LogP contribution in [0, 0.1) is 21.4 Å². The molecular weight excluding hydrogens is 490 g/mol. The second-order valence-corrected chi connectivity index (χ2v) is 7.58. The van der Waals surface area contributed by atoms with E-state index >= 15 is 0 Å². The summed E-state index contributed by atoms with van der Waals surface area (Å²) in [4.78, 5) is 22.8. The molecule has 0 bridgehead atoms. The number of halogens is 1. The average molecular weight is 508 g/mol. The number of hydrogen-bond donors (Lipinski definition) is 1. The predicted molar refractivity (Wildman–Crippen MR) is 127 cm³/mol. The highest BCUT2D eigenvalue weighted by Crippen LogP contribution is 2.35. The summed E-state index contributed by atoms with van der Waals surface area (Å²) >= 11 is 3.44. The second-order valence-electron chi connectivity index (χ2n) is 6.73. The van der Waals surface area contributed by atoms with Gasteiger partial charge in [-0.1, -0.05) is 34.1 Å². The van der Waals surface area contributed by atoms with Gasteiger partial charge in [-0.2, -0.15) is 5.26 Å². The van der Waals surface area contributed by atoms with Crippen molar-refractivity contribution in [2.24, 2.45) is 0 Å². The lowest BCUT2D eigenvalue weighted by Gasteiger charge is -2.13. The maximum absolute atomic E-state index is 12.5. The zero-order chi connectivity index (χ0) is 23.8. The summed E-state index contributed by atoms with van der Waals surface area (Å²) in [5.74, 6) is 0.285. The minimum Gasteiger partial charge on any atom is -0.493 e. The Balaban J connectivity index is 1.79. The number of para-hydroxylation sites is 1. The van der Waals surface area contributed by atoms with Crippen LogP contribution >= 0.6 is 15.9 Å². The molecule has 0 unspecified atom stereocenters. The van der Waals surface area contributed by atoms with Crippen molar-refractivity contribution < 1.29 is 19.2 Å². The SMILES string of the molecule is COc1cc(/C=C(/C#N)C(=O)Nc2ccccc2)c(Br)cc1OCc1ccc([N+](=O)[O-])cc1. The molecule has 33 heavy (non-hydrogen) atoms. The number of methoxy groups -OCH3 is 1. The fourth-order valence-corrected chi connectivity index (χ4v) is 3.27. The van der Waals surface area contributed by atoms with E-state index in [0.717, 1.165) is 5.56 Å². The van der Waals surface area contributed by atoms with Crippen LogP contribution in [0.25, 0.3) is 6.08 Å². The minimum atomic E-state index is -0.534. The maximum Gasteiger partial charge on any atom is 0.269 e. The van der Waals surface area contributed by atoms with Crippen molar-refractivity contribution in [1.82, 2.24) is 0 Å². The molecule has 3 rings (SSSR count). The van der Waals surface area contributed by atoms with Gasteiger partial charge in [0.15, 0.2) is 11.5 Å². The maximum atomic E-state index is 12.5. The Morgan fingerprint density at radius 2 is 1.85 bits per heavy atom. The van der Waals surface area contributed by atoms with Crippen molar-refractivity contribution >= 4 is 39.3 Å².